The van der Waals surface area contributed by atoms with E-state index in [1.807, 2.05) is 0 Å². The lowest BCUT2D eigenvalue weighted by molar-refractivity contribution is 0.112. The Morgan fingerprint density at radius 3 is 2.42 bits per heavy atom. The van der Waals surface area contributed by atoms with Crippen LogP contribution in [0.2, 0.25) is 10.2 Å². The summed E-state index contributed by atoms with van der Waals surface area (Å²) in [5.41, 5.74) is 0.200. The number of halogens is 2. The number of hydrogen-bond donors (Lipinski definition) is 0. The monoisotopic (exact) mass is 203 g/mol. The Kier molecular flexibility index (Phi) is 2.78. The molecule has 0 aromatic carbocycles. The summed E-state index contributed by atoms with van der Waals surface area (Å²) in [5.74, 6) is 0. The molecule has 0 fully saturated rings. The number of pyridine rings is 1. The third-order valence-corrected chi connectivity index (χ3v) is 2.00. The zero-order valence-corrected chi connectivity index (χ0v) is 7.26. The molecule has 1 aromatic rings. The number of aldehydes is 2. The second-order valence-electron chi connectivity index (χ2n) is 1.97. The lowest BCUT2D eigenvalue weighted by atomic mass is 10.2. The minimum atomic E-state index is 0.000556. The summed E-state index contributed by atoms with van der Waals surface area (Å²) in [6.07, 6.45) is 2.19. The van der Waals surface area contributed by atoms with Crippen LogP contribution in [0.5, 0.6) is 0 Å². The van der Waals surface area contributed by atoms with Crippen LogP contribution in [0.4, 0.5) is 0 Å². The van der Waals surface area contributed by atoms with Gasteiger partial charge in [-0.2, -0.15) is 0 Å². The number of nitrogens with zero attached hydrogens (tertiary/aromatic N) is 1. The van der Waals surface area contributed by atoms with Crippen molar-refractivity contribution in [1.29, 1.82) is 0 Å². The molecule has 12 heavy (non-hydrogen) atoms. The minimum Gasteiger partial charge on any atom is -0.298 e. The average Bonchev–Trinajstić information content (AvgIpc) is 2.06. The second-order valence-corrected chi connectivity index (χ2v) is 2.70. The van der Waals surface area contributed by atoms with Crippen molar-refractivity contribution in [2.75, 3.05) is 0 Å². The van der Waals surface area contributed by atoms with Crippen molar-refractivity contribution in [2.45, 2.75) is 0 Å². The van der Waals surface area contributed by atoms with Crippen LogP contribution in [0.1, 0.15) is 20.7 Å². The van der Waals surface area contributed by atoms with Crippen LogP contribution in [0.15, 0.2) is 6.20 Å². The van der Waals surface area contributed by atoms with E-state index in [-0.39, 0.29) is 21.3 Å². The van der Waals surface area contributed by atoms with E-state index in [2.05, 4.69) is 4.98 Å². The van der Waals surface area contributed by atoms with E-state index < -0.39 is 0 Å². The summed E-state index contributed by atoms with van der Waals surface area (Å²) in [5, 5.41) is 0.0422. The van der Waals surface area contributed by atoms with E-state index in [4.69, 9.17) is 23.2 Å². The smallest absolute Gasteiger partial charge is 0.154 e. The molecule has 0 N–H and O–H groups in total. The van der Waals surface area contributed by atoms with E-state index in [0.717, 1.165) is 0 Å². The largest absolute Gasteiger partial charge is 0.298 e. The summed E-state index contributed by atoms with van der Waals surface area (Å²) in [7, 11) is 0. The highest BCUT2D eigenvalue weighted by atomic mass is 35.5. The standard InChI is InChI=1S/C7H3Cl2NO2/c8-6-4(2-11)1-10-7(9)5(6)3-12/h1-3H. The third kappa shape index (κ3) is 1.47. The molecule has 0 amide bonds. The molecule has 1 heterocycles. The Morgan fingerprint density at radius 1 is 1.25 bits per heavy atom. The molecule has 0 saturated carbocycles. The van der Waals surface area contributed by atoms with Gasteiger partial charge in [-0.3, -0.25) is 9.59 Å². The maximum absolute atomic E-state index is 10.4. The zero-order valence-electron chi connectivity index (χ0n) is 5.75. The highest BCUT2D eigenvalue weighted by Crippen LogP contribution is 2.22. The van der Waals surface area contributed by atoms with Crippen LogP contribution < -0.4 is 0 Å². The number of carbonyl (C=O) groups excluding carboxylic acids is 2. The van der Waals surface area contributed by atoms with Crippen molar-refractivity contribution in [3.05, 3.63) is 27.5 Å². The van der Waals surface area contributed by atoms with Crippen LogP contribution >= 0.6 is 23.2 Å². The second kappa shape index (κ2) is 3.65. The van der Waals surface area contributed by atoms with Crippen molar-refractivity contribution in [2.24, 2.45) is 0 Å². The van der Waals surface area contributed by atoms with Gasteiger partial charge in [-0.1, -0.05) is 23.2 Å². The average molecular weight is 204 g/mol. The first kappa shape index (κ1) is 9.16. The first-order valence-electron chi connectivity index (χ1n) is 2.95. The molecule has 5 heteroatoms. The summed E-state index contributed by atoms with van der Waals surface area (Å²) in [6, 6.07) is 0. The van der Waals surface area contributed by atoms with Crippen LogP contribution in [0.3, 0.4) is 0 Å². The van der Waals surface area contributed by atoms with Gasteiger partial charge < -0.3 is 0 Å². The lowest BCUT2D eigenvalue weighted by Gasteiger charge is -1.99. The molecule has 0 atom stereocenters. The molecule has 0 aliphatic rings. The molecule has 0 saturated heterocycles. The van der Waals surface area contributed by atoms with Gasteiger partial charge in [0.1, 0.15) is 5.15 Å². The van der Waals surface area contributed by atoms with Gasteiger partial charge in [-0.25, -0.2) is 4.98 Å². The molecule has 1 aromatic heterocycles. The van der Waals surface area contributed by atoms with E-state index in [9.17, 15) is 9.59 Å². The van der Waals surface area contributed by atoms with Crippen LogP contribution in [0.25, 0.3) is 0 Å². The van der Waals surface area contributed by atoms with Gasteiger partial charge in [0, 0.05) is 6.20 Å². The van der Waals surface area contributed by atoms with Gasteiger partial charge in [0.25, 0.3) is 0 Å². The summed E-state index contributed by atoms with van der Waals surface area (Å²) < 4.78 is 0. The number of carbonyl (C=O) groups is 2. The Bertz CT molecular complexity index is 338. The fraction of sp³-hybridized carbons (Fsp3) is 0. The Morgan fingerprint density at radius 2 is 1.92 bits per heavy atom. The van der Waals surface area contributed by atoms with Gasteiger partial charge in [0.15, 0.2) is 12.6 Å². The summed E-state index contributed by atoms with van der Waals surface area (Å²) in [4.78, 5) is 24.3. The third-order valence-electron chi connectivity index (χ3n) is 1.27. The lowest BCUT2D eigenvalue weighted by Crippen LogP contribution is -1.93. The molecule has 0 spiro atoms. The quantitative estimate of drug-likeness (QED) is 0.546. The van der Waals surface area contributed by atoms with Crippen LogP contribution in [0, 0.1) is 0 Å². The first-order chi connectivity index (χ1) is 5.70. The van der Waals surface area contributed by atoms with Crippen LogP contribution in [-0.2, 0) is 0 Å². The maximum atomic E-state index is 10.4. The van der Waals surface area contributed by atoms with Crippen LogP contribution in [-0.4, -0.2) is 17.6 Å². The molecule has 0 aliphatic carbocycles. The Hall–Kier alpha value is -0.930. The highest BCUT2D eigenvalue weighted by Gasteiger charge is 2.09. The predicted octanol–water partition coefficient (Wildman–Crippen LogP) is 2.01. The number of hydrogen-bond acceptors (Lipinski definition) is 3. The Balaban J connectivity index is 3.43. The predicted molar refractivity (Wildman–Crippen MR) is 45.0 cm³/mol. The Labute approximate surface area is 78.3 Å². The molecule has 62 valence electrons. The fourth-order valence-corrected chi connectivity index (χ4v) is 1.14. The molecule has 3 nitrogen and oxygen atoms in total. The van der Waals surface area contributed by atoms with E-state index in [1.54, 1.807) is 0 Å². The van der Waals surface area contributed by atoms with Crippen molar-refractivity contribution in [3.8, 4) is 0 Å². The van der Waals surface area contributed by atoms with E-state index in [0.29, 0.717) is 12.6 Å². The number of aromatic nitrogens is 1. The topological polar surface area (TPSA) is 47.0 Å². The first-order valence-corrected chi connectivity index (χ1v) is 3.70. The molecule has 0 bridgehead atoms. The van der Waals surface area contributed by atoms with Crippen molar-refractivity contribution < 1.29 is 9.59 Å². The van der Waals surface area contributed by atoms with Crippen molar-refractivity contribution in [3.63, 3.8) is 0 Å². The van der Waals surface area contributed by atoms with Gasteiger partial charge in [-0.15, -0.1) is 0 Å². The zero-order chi connectivity index (χ0) is 9.14. The minimum absolute atomic E-state index is 0.000556. The molecule has 0 unspecified atom stereocenters. The normalized spacial score (nSPS) is 9.50. The van der Waals surface area contributed by atoms with Crippen molar-refractivity contribution >= 4 is 35.8 Å². The van der Waals surface area contributed by atoms with E-state index in [1.165, 1.54) is 6.20 Å². The fourth-order valence-electron chi connectivity index (χ4n) is 0.681. The van der Waals surface area contributed by atoms with Gasteiger partial charge in [-0.05, 0) is 0 Å². The summed E-state index contributed by atoms with van der Waals surface area (Å²) in [6.45, 7) is 0. The summed E-state index contributed by atoms with van der Waals surface area (Å²) >= 11 is 11.1. The van der Waals surface area contributed by atoms with Gasteiger partial charge in [0.2, 0.25) is 0 Å². The molecule has 0 aliphatic heterocycles. The molecular formula is C7H3Cl2NO2. The molecular weight excluding hydrogens is 201 g/mol. The maximum Gasteiger partial charge on any atom is 0.154 e. The SMILES string of the molecule is O=Cc1cnc(Cl)c(C=O)c1Cl. The highest BCUT2D eigenvalue weighted by molar-refractivity contribution is 6.39. The van der Waals surface area contributed by atoms with Crippen molar-refractivity contribution in [1.82, 2.24) is 4.98 Å². The van der Waals surface area contributed by atoms with E-state index >= 15 is 0 Å². The number of rotatable bonds is 2. The molecule has 0 radical (unpaired) electrons. The van der Waals surface area contributed by atoms with Gasteiger partial charge >= 0.3 is 0 Å². The van der Waals surface area contributed by atoms with Gasteiger partial charge in [0.05, 0.1) is 16.1 Å². The molecule has 1 rings (SSSR count).